The molecule has 0 unspecified atom stereocenters. The molecule has 1 amide bonds. The van der Waals surface area contributed by atoms with Gasteiger partial charge in [0.05, 0.1) is 5.69 Å². The highest BCUT2D eigenvalue weighted by molar-refractivity contribution is 7.89. The van der Waals surface area contributed by atoms with Crippen molar-refractivity contribution in [2.75, 3.05) is 10.6 Å². The van der Waals surface area contributed by atoms with Gasteiger partial charge in [0.25, 0.3) is 5.91 Å². The van der Waals surface area contributed by atoms with Crippen LogP contribution in [-0.4, -0.2) is 20.5 Å². The van der Waals surface area contributed by atoms with Crippen molar-refractivity contribution in [1.82, 2.24) is 4.72 Å². The van der Waals surface area contributed by atoms with Crippen LogP contribution in [0.3, 0.4) is 0 Å². The third-order valence-corrected chi connectivity index (χ3v) is 5.40. The average molecular weight is 345 g/mol. The van der Waals surface area contributed by atoms with Crippen LogP contribution in [0, 0.1) is 6.92 Å². The van der Waals surface area contributed by atoms with Crippen molar-refractivity contribution in [2.24, 2.45) is 0 Å². The van der Waals surface area contributed by atoms with Crippen molar-refractivity contribution >= 4 is 27.3 Å². The van der Waals surface area contributed by atoms with E-state index in [0.717, 1.165) is 17.5 Å². The molecule has 2 aromatic rings. The Balaban J connectivity index is 1.87. The molecule has 0 bridgehead atoms. The van der Waals surface area contributed by atoms with Crippen molar-refractivity contribution in [3.05, 3.63) is 53.6 Å². The first-order chi connectivity index (χ1) is 11.4. The van der Waals surface area contributed by atoms with E-state index in [1.165, 1.54) is 6.07 Å². The molecule has 3 N–H and O–H groups in total. The highest BCUT2D eigenvalue weighted by Crippen LogP contribution is 2.27. The van der Waals surface area contributed by atoms with Crippen LogP contribution in [0.5, 0.6) is 0 Å². The van der Waals surface area contributed by atoms with Crippen LogP contribution in [0.4, 0.5) is 11.4 Å². The zero-order valence-electron chi connectivity index (χ0n) is 13.5. The lowest BCUT2D eigenvalue weighted by molar-refractivity contribution is -0.117. The summed E-state index contributed by atoms with van der Waals surface area (Å²) in [6.45, 7) is 3.86. The number of nitrogens with one attached hydrogen (secondary N) is 3. The molecule has 24 heavy (non-hydrogen) atoms. The summed E-state index contributed by atoms with van der Waals surface area (Å²) in [7, 11) is -3.73. The Kier molecular flexibility index (Phi) is 4.29. The maximum absolute atomic E-state index is 12.5. The molecule has 1 atom stereocenters. The molecular formula is C17H19N3O3S. The van der Waals surface area contributed by atoms with E-state index in [1.54, 1.807) is 18.2 Å². The minimum atomic E-state index is -3.73. The van der Waals surface area contributed by atoms with Gasteiger partial charge < -0.3 is 10.6 Å². The van der Waals surface area contributed by atoms with Gasteiger partial charge in [0, 0.05) is 5.69 Å². The molecule has 0 radical (unpaired) electrons. The minimum absolute atomic E-state index is 0.145. The summed E-state index contributed by atoms with van der Waals surface area (Å²) in [5.41, 5.74) is 3.01. The molecule has 7 heteroatoms. The number of hydrogen-bond acceptors (Lipinski definition) is 4. The first-order valence-electron chi connectivity index (χ1n) is 7.69. The number of amides is 1. The van der Waals surface area contributed by atoms with Crippen LogP contribution in [0.25, 0.3) is 0 Å². The normalized spacial score (nSPS) is 18.3. The summed E-state index contributed by atoms with van der Waals surface area (Å²) in [6, 6.07) is 12.4. The maximum atomic E-state index is 12.5. The lowest BCUT2D eigenvalue weighted by Crippen LogP contribution is -2.51. The number of hydrogen-bond donors (Lipinski definition) is 3. The summed E-state index contributed by atoms with van der Waals surface area (Å²) in [5, 5.41) is 5.73. The molecule has 2 aromatic carbocycles. The standard InChI is InChI=1S/C17H19N3O3S/c1-3-12-6-4-5-7-13(12)19-17(21)16-18-14-10-11(2)8-9-15(14)24(22,23)20-16/h4-10,16,18,20H,3H2,1-2H3,(H,19,21)/t16-/m0/s1. The molecule has 1 aliphatic heterocycles. The van der Waals surface area contributed by atoms with Crippen molar-refractivity contribution in [2.45, 2.75) is 31.3 Å². The number of carbonyl (C=O) groups excluding carboxylic acids is 1. The van der Waals surface area contributed by atoms with Crippen LogP contribution < -0.4 is 15.4 Å². The lowest BCUT2D eigenvalue weighted by Gasteiger charge is -2.27. The number of benzene rings is 2. The fraction of sp³-hybridized carbons (Fsp3) is 0.235. The number of para-hydroxylation sites is 1. The maximum Gasteiger partial charge on any atom is 0.262 e. The summed E-state index contributed by atoms with van der Waals surface area (Å²) in [6.07, 6.45) is -0.295. The molecule has 0 fully saturated rings. The summed E-state index contributed by atoms with van der Waals surface area (Å²) >= 11 is 0. The summed E-state index contributed by atoms with van der Waals surface area (Å²) in [4.78, 5) is 12.7. The molecule has 0 saturated carbocycles. The quantitative estimate of drug-likeness (QED) is 0.796. The van der Waals surface area contributed by atoms with E-state index in [1.807, 2.05) is 32.0 Å². The van der Waals surface area contributed by atoms with Gasteiger partial charge in [-0.25, -0.2) is 8.42 Å². The van der Waals surface area contributed by atoms with Gasteiger partial charge in [0.15, 0.2) is 6.17 Å². The number of carbonyl (C=O) groups is 1. The molecule has 3 rings (SSSR count). The van der Waals surface area contributed by atoms with Gasteiger partial charge >= 0.3 is 0 Å². The Morgan fingerprint density at radius 1 is 1.21 bits per heavy atom. The van der Waals surface area contributed by atoms with E-state index in [2.05, 4.69) is 15.4 Å². The number of aryl methyl sites for hydroxylation is 2. The van der Waals surface area contributed by atoms with Crippen LogP contribution >= 0.6 is 0 Å². The zero-order valence-corrected chi connectivity index (χ0v) is 14.3. The summed E-state index contributed by atoms with van der Waals surface area (Å²) in [5.74, 6) is -0.452. The predicted molar refractivity (Wildman–Crippen MR) is 93.4 cm³/mol. The number of anilines is 2. The zero-order chi connectivity index (χ0) is 17.3. The monoisotopic (exact) mass is 345 g/mol. The van der Waals surface area contributed by atoms with E-state index < -0.39 is 22.1 Å². The molecule has 0 aliphatic carbocycles. The highest BCUT2D eigenvalue weighted by atomic mass is 32.2. The van der Waals surface area contributed by atoms with Crippen molar-refractivity contribution in [3.63, 3.8) is 0 Å². The van der Waals surface area contributed by atoms with Crippen LogP contribution in [0.2, 0.25) is 0 Å². The third kappa shape index (κ3) is 3.13. The van der Waals surface area contributed by atoms with Gasteiger partial charge in [-0.05, 0) is 42.7 Å². The summed E-state index contributed by atoms with van der Waals surface area (Å²) < 4.78 is 27.1. The molecule has 0 spiro atoms. The number of fused-ring (bicyclic) bond motifs is 1. The second-order valence-electron chi connectivity index (χ2n) is 5.70. The SMILES string of the molecule is CCc1ccccc1NC(=O)[C@H]1Nc2cc(C)ccc2S(=O)(=O)N1. The Labute approximate surface area is 141 Å². The Morgan fingerprint density at radius 3 is 2.71 bits per heavy atom. The highest BCUT2D eigenvalue weighted by Gasteiger charge is 2.33. The first kappa shape index (κ1) is 16.5. The lowest BCUT2D eigenvalue weighted by atomic mass is 10.1. The Hall–Kier alpha value is -2.38. The van der Waals surface area contributed by atoms with E-state index >= 15 is 0 Å². The van der Waals surface area contributed by atoms with E-state index in [9.17, 15) is 13.2 Å². The van der Waals surface area contributed by atoms with Crippen LogP contribution in [0.1, 0.15) is 18.1 Å². The molecule has 1 heterocycles. The van der Waals surface area contributed by atoms with Crippen molar-refractivity contribution < 1.29 is 13.2 Å². The van der Waals surface area contributed by atoms with Crippen LogP contribution in [-0.2, 0) is 21.2 Å². The molecule has 0 aromatic heterocycles. The van der Waals surface area contributed by atoms with E-state index in [-0.39, 0.29) is 4.90 Å². The third-order valence-electron chi connectivity index (χ3n) is 3.92. The molecule has 1 aliphatic rings. The van der Waals surface area contributed by atoms with Gasteiger partial charge in [0.1, 0.15) is 4.90 Å². The Morgan fingerprint density at radius 2 is 1.96 bits per heavy atom. The topological polar surface area (TPSA) is 87.3 Å². The molecule has 126 valence electrons. The number of sulfonamides is 1. The second-order valence-corrected chi connectivity index (χ2v) is 7.38. The van der Waals surface area contributed by atoms with Gasteiger partial charge in [-0.1, -0.05) is 31.2 Å². The minimum Gasteiger partial charge on any atom is -0.360 e. The van der Waals surface area contributed by atoms with Crippen LogP contribution in [0.15, 0.2) is 47.4 Å². The average Bonchev–Trinajstić information content (AvgIpc) is 2.54. The molecule has 0 saturated heterocycles. The Bertz CT molecular complexity index is 894. The largest absolute Gasteiger partial charge is 0.360 e. The molecule has 6 nitrogen and oxygen atoms in total. The van der Waals surface area contributed by atoms with Crippen molar-refractivity contribution in [3.8, 4) is 0 Å². The van der Waals surface area contributed by atoms with E-state index in [0.29, 0.717) is 11.4 Å². The smallest absolute Gasteiger partial charge is 0.262 e. The van der Waals surface area contributed by atoms with Gasteiger partial charge in [-0.2, -0.15) is 4.72 Å². The fourth-order valence-electron chi connectivity index (χ4n) is 2.67. The molecular weight excluding hydrogens is 326 g/mol. The first-order valence-corrected chi connectivity index (χ1v) is 9.17. The van der Waals surface area contributed by atoms with Gasteiger partial charge in [-0.15, -0.1) is 0 Å². The van der Waals surface area contributed by atoms with E-state index in [4.69, 9.17) is 0 Å². The second kappa shape index (κ2) is 6.26. The fourth-order valence-corrected chi connectivity index (χ4v) is 3.93. The predicted octanol–water partition coefficient (Wildman–Crippen LogP) is 2.23. The van der Waals surface area contributed by atoms with Gasteiger partial charge in [-0.3, -0.25) is 4.79 Å². The van der Waals surface area contributed by atoms with Crippen molar-refractivity contribution in [1.29, 1.82) is 0 Å². The van der Waals surface area contributed by atoms with Gasteiger partial charge in [0.2, 0.25) is 10.0 Å². The number of rotatable bonds is 3.